The molecule has 0 aliphatic rings. The van der Waals surface area contributed by atoms with Crippen molar-refractivity contribution in [2.75, 3.05) is 7.11 Å². The molecule has 0 aromatic heterocycles. The van der Waals surface area contributed by atoms with Gasteiger partial charge < -0.3 is 14.2 Å². The summed E-state index contributed by atoms with van der Waals surface area (Å²) in [6.07, 6.45) is -0.450. The third-order valence-electron chi connectivity index (χ3n) is 5.69. The highest BCUT2D eigenvalue weighted by Gasteiger charge is 2.14. The van der Waals surface area contributed by atoms with Crippen LogP contribution in [0.5, 0.6) is 11.5 Å². The van der Waals surface area contributed by atoms with Gasteiger partial charge in [-0.3, -0.25) is 0 Å². The topological polar surface area (TPSA) is 61.8 Å². The zero-order valence-corrected chi connectivity index (χ0v) is 19.9. The van der Waals surface area contributed by atoms with Crippen LogP contribution in [0, 0.1) is 0 Å². The van der Waals surface area contributed by atoms with Crippen LogP contribution in [0.2, 0.25) is 0 Å². The standard InChI is InChI=1S/C30H26O5/c1-19(2)29(31)34-20(3)21-5-7-23(8-6-21)30(32)35-27-14-11-22(12-15-27)24-9-10-26-18-28(33-4)16-13-25(26)17-24/h5-18,20H,1H2,2-4H3. The molecule has 0 spiro atoms. The van der Waals surface area contributed by atoms with Crippen molar-refractivity contribution >= 4 is 22.7 Å². The highest BCUT2D eigenvalue weighted by Crippen LogP contribution is 2.28. The largest absolute Gasteiger partial charge is 0.497 e. The molecular weight excluding hydrogens is 440 g/mol. The average Bonchev–Trinajstić information content (AvgIpc) is 2.88. The van der Waals surface area contributed by atoms with Gasteiger partial charge in [-0.15, -0.1) is 0 Å². The molecule has 0 aliphatic heterocycles. The first kappa shape index (κ1) is 23.8. The lowest BCUT2D eigenvalue weighted by molar-refractivity contribution is -0.143. The second-order valence-electron chi connectivity index (χ2n) is 8.29. The van der Waals surface area contributed by atoms with Crippen LogP contribution in [0.1, 0.15) is 35.9 Å². The van der Waals surface area contributed by atoms with Crippen LogP contribution in [0.3, 0.4) is 0 Å². The first-order valence-corrected chi connectivity index (χ1v) is 11.2. The van der Waals surface area contributed by atoms with Gasteiger partial charge >= 0.3 is 11.9 Å². The number of methoxy groups -OCH3 is 1. The molecule has 0 bridgehead atoms. The summed E-state index contributed by atoms with van der Waals surface area (Å²) in [4.78, 5) is 24.3. The summed E-state index contributed by atoms with van der Waals surface area (Å²) in [6, 6.07) is 26.4. The summed E-state index contributed by atoms with van der Waals surface area (Å²) in [6.45, 7) is 6.94. The Morgan fingerprint density at radius 1 is 0.771 bits per heavy atom. The van der Waals surface area contributed by atoms with Gasteiger partial charge in [0.05, 0.1) is 12.7 Å². The van der Waals surface area contributed by atoms with Crippen molar-refractivity contribution in [3.05, 3.63) is 108 Å². The number of ether oxygens (including phenoxy) is 3. The molecule has 0 radical (unpaired) electrons. The zero-order chi connectivity index (χ0) is 24.9. The van der Waals surface area contributed by atoms with Gasteiger partial charge in [0.2, 0.25) is 0 Å². The van der Waals surface area contributed by atoms with Gasteiger partial charge in [0, 0.05) is 5.57 Å². The summed E-state index contributed by atoms with van der Waals surface area (Å²) in [5, 5.41) is 2.22. The van der Waals surface area contributed by atoms with Crippen molar-refractivity contribution in [3.63, 3.8) is 0 Å². The number of carbonyl (C=O) groups is 2. The molecule has 1 unspecified atom stereocenters. The number of benzene rings is 4. The van der Waals surface area contributed by atoms with E-state index >= 15 is 0 Å². The molecule has 4 rings (SSSR count). The van der Waals surface area contributed by atoms with Crippen LogP contribution in [0.15, 0.2) is 97.1 Å². The Labute approximate surface area is 204 Å². The van der Waals surface area contributed by atoms with Gasteiger partial charge in [0.1, 0.15) is 17.6 Å². The molecule has 5 nitrogen and oxygen atoms in total. The fourth-order valence-electron chi connectivity index (χ4n) is 3.63. The van der Waals surface area contributed by atoms with Crippen LogP contribution >= 0.6 is 0 Å². The predicted octanol–water partition coefficient (Wildman–Crippen LogP) is 6.91. The van der Waals surface area contributed by atoms with Gasteiger partial charge in [0.25, 0.3) is 0 Å². The first-order chi connectivity index (χ1) is 16.8. The minimum absolute atomic E-state index is 0.337. The maximum atomic E-state index is 12.6. The van der Waals surface area contributed by atoms with Crippen LogP contribution in [0.4, 0.5) is 0 Å². The molecule has 176 valence electrons. The number of esters is 2. The highest BCUT2D eigenvalue weighted by atomic mass is 16.5. The van der Waals surface area contributed by atoms with Gasteiger partial charge in [-0.1, -0.05) is 49.0 Å². The van der Waals surface area contributed by atoms with E-state index in [9.17, 15) is 9.59 Å². The van der Waals surface area contributed by atoms with E-state index in [-0.39, 0.29) is 0 Å². The van der Waals surface area contributed by atoms with Gasteiger partial charge in [-0.05, 0) is 83.8 Å². The predicted molar refractivity (Wildman–Crippen MR) is 137 cm³/mol. The monoisotopic (exact) mass is 466 g/mol. The Hall–Kier alpha value is -4.38. The van der Waals surface area contributed by atoms with E-state index in [2.05, 4.69) is 24.8 Å². The van der Waals surface area contributed by atoms with Gasteiger partial charge in [-0.25, -0.2) is 9.59 Å². The van der Waals surface area contributed by atoms with E-state index < -0.39 is 18.0 Å². The highest BCUT2D eigenvalue weighted by molar-refractivity contribution is 5.91. The first-order valence-electron chi connectivity index (χ1n) is 11.2. The molecule has 0 heterocycles. The zero-order valence-electron chi connectivity index (χ0n) is 19.9. The Balaban J connectivity index is 1.42. The van der Waals surface area contributed by atoms with Crippen molar-refractivity contribution in [2.45, 2.75) is 20.0 Å². The molecule has 0 amide bonds. The summed E-state index contributed by atoms with van der Waals surface area (Å²) >= 11 is 0. The summed E-state index contributed by atoms with van der Waals surface area (Å²) in [5.41, 5.74) is 3.60. The molecule has 0 saturated heterocycles. The molecule has 35 heavy (non-hydrogen) atoms. The molecule has 0 N–H and O–H groups in total. The number of carbonyl (C=O) groups excluding carboxylic acids is 2. The third kappa shape index (κ3) is 5.58. The lowest BCUT2D eigenvalue weighted by Gasteiger charge is -2.14. The van der Waals surface area contributed by atoms with Crippen molar-refractivity contribution in [1.29, 1.82) is 0 Å². The normalized spacial score (nSPS) is 11.5. The van der Waals surface area contributed by atoms with Crippen LogP contribution in [0.25, 0.3) is 21.9 Å². The minimum Gasteiger partial charge on any atom is -0.497 e. The van der Waals surface area contributed by atoms with Gasteiger partial charge in [0.15, 0.2) is 0 Å². The average molecular weight is 467 g/mol. The molecule has 5 heteroatoms. The van der Waals surface area contributed by atoms with E-state index in [4.69, 9.17) is 14.2 Å². The number of rotatable bonds is 7. The summed E-state index contributed by atoms with van der Waals surface area (Å²) < 4.78 is 16.1. The molecule has 1 atom stereocenters. The molecule has 0 aliphatic carbocycles. The van der Waals surface area contributed by atoms with Crippen LogP contribution in [-0.2, 0) is 9.53 Å². The number of fused-ring (bicyclic) bond motifs is 1. The Morgan fingerprint density at radius 2 is 1.37 bits per heavy atom. The van der Waals surface area contributed by atoms with E-state index in [0.29, 0.717) is 16.9 Å². The maximum absolute atomic E-state index is 12.6. The van der Waals surface area contributed by atoms with E-state index in [1.807, 2.05) is 30.3 Å². The summed E-state index contributed by atoms with van der Waals surface area (Å²) in [7, 11) is 1.66. The maximum Gasteiger partial charge on any atom is 0.343 e. The molecule has 4 aromatic carbocycles. The second kappa shape index (κ2) is 10.3. The molecular formula is C30H26O5. The smallest absolute Gasteiger partial charge is 0.343 e. The lowest BCUT2D eigenvalue weighted by Crippen LogP contribution is -2.11. The van der Waals surface area contributed by atoms with Gasteiger partial charge in [-0.2, -0.15) is 0 Å². The van der Waals surface area contributed by atoms with Crippen LogP contribution < -0.4 is 9.47 Å². The quantitative estimate of drug-likeness (QED) is 0.168. The second-order valence-corrected chi connectivity index (χ2v) is 8.29. The number of hydrogen-bond donors (Lipinski definition) is 0. The van der Waals surface area contributed by atoms with Crippen molar-refractivity contribution < 1.29 is 23.8 Å². The Bertz CT molecular complexity index is 1380. The third-order valence-corrected chi connectivity index (χ3v) is 5.69. The van der Waals surface area contributed by atoms with Crippen molar-refractivity contribution in [1.82, 2.24) is 0 Å². The molecule has 0 fully saturated rings. The van der Waals surface area contributed by atoms with Crippen LogP contribution in [-0.4, -0.2) is 19.0 Å². The fourth-order valence-corrected chi connectivity index (χ4v) is 3.63. The minimum atomic E-state index is -0.462. The number of hydrogen-bond acceptors (Lipinski definition) is 5. The van der Waals surface area contributed by atoms with E-state index in [1.165, 1.54) is 0 Å². The van der Waals surface area contributed by atoms with E-state index in [0.717, 1.165) is 33.2 Å². The Morgan fingerprint density at radius 3 is 2.03 bits per heavy atom. The lowest BCUT2D eigenvalue weighted by atomic mass is 10.0. The van der Waals surface area contributed by atoms with Crippen molar-refractivity contribution in [3.8, 4) is 22.6 Å². The Kier molecular flexibility index (Phi) is 6.97. The van der Waals surface area contributed by atoms with Crippen molar-refractivity contribution in [2.24, 2.45) is 0 Å². The fraction of sp³-hybridized carbons (Fsp3) is 0.133. The summed E-state index contributed by atoms with van der Waals surface area (Å²) in [5.74, 6) is 0.368. The SMILES string of the molecule is C=C(C)C(=O)OC(C)c1ccc(C(=O)Oc2ccc(-c3ccc4cc(OC)ccc4c3)cc2)cc1. The van der Waals surface area contributed by atoms with E-state index in [1.54, 1.807) is 57.4 Å². The molecule has 0 saturated carbocycles. The molecule has 4 aromatic rings.